The molecule has 1 heterocycles. The molecular formula is C12H28B3N3. The van der Waals surface area contributed by atoms with Crippen LogP contribution in [0.1, 0.15) is 59.3 Å². The number of rotatable bonds is 9. The molecule has 1 fully saturated rings. The molecule has 0 aromatic carbocycles. The molecule has 0 bridgehead atoms. The van der Waals surface area contributed by atoms with E-state index < -0.39 is 0 Å². The molecule has 100 valence electrons. The lowest BCUT2D eigenvalue weighted by Gasteiger charge is -2.41. The molecule has 0 aliphatic carbocycles. The van der Waals surface area contributed by atoms with Crippen LogP contribution in [-0.2, 0) is 0 Å². The van der Waals surface area contributed by atoms with E-state index >= 15 is 0 Å². The molecule has 1 N–H and O–H groups in total. The molecule has 0 aromatic rings. The summed E-state index contributed by atoms with van der Waals surface area (Å²) in [5, 5.41) is 3.31. The van der Waals surface area contributed by atoms with Crippen molar-refractivity contribution >= 4 is 22.1 Å². The molecule has 0 unspecified atom stereocenters. The maximum absolute atomic E-state index is 3.31. The summed E-state index contributed by atoms with van der Waals surface area (Å²) < 4.78 is 4.99. The summed E-state index contributed by atoms with van der Waals surface area (Å²) in [4.78, 5) is 0. The van der Waals surface area contributed by atoms with Crippen molar-refractivity contribution < 1.29 is 0 Å². The topological polar surface area (TPSA) is 18.5 Å². The fourth-order valence-electron chi connectivity index (χ4n) is 2.41. The average Bonchev–Trinajstić information content (AvgIpc) is 2.41. The van der Waals surface area contributed by atoms with Crippen LogP contribution in [0.25, 0.3) is 0 Å². The summed E-state index contributed by atoms with van der Waals surface area (Å²) in [6.45, 7) is 9.73. The first kappa shape index (κ1) is 16.1. The molecule has 0 atom stereocenters. The molecule has 0 saturated carbocycles. The summed E-state index contributed by atoms with van der Waals surface area (Å²) in [6, 6.07) is 0. The van der Waals surface area contributed by atoms with Crippen molar-refractivity contribution in [3.05, 3.63) is 0 Å². The highest BCUT2D eigenvalue weighted by Gasteiger charge is 2.33. The van der Waals surface area contributed by atoms with E-state index in [1.807, 2.05) is 0 Å². The molecule has 1 aliphatic rings. The highest BCUT2D eigenvalue weighted by Crippen LogP contribution is 2.13. The predicted molar refractivity (Wildman–Crippen MR) is 83.3 cm³/mol. The zero-order valence-corrected chi connectivity index (χ0v) is 12.5. The normalized spacial score (nSPS) is 17.6. The highest BCUT2D eigenvalue weighted by molar-refractivity contribution is 6.74. The van der Waals surface area contributed by atoms with Gasteiger partial charge in [0, 0.05) is 0 Å². The minimum absolute atomic E-state index is 0.573. The molecule has 0 aromatic heterocycles. The molecule has 18 heavy (non-hydrogen) atoms. The van der Waals surface area contributed by atoms with Crippen LogP contribution in [0, 0.1) is 0 Å². The fourth-order valence-corrected chi connectivity index (χ4v) is 2.41. The summed E-state index contributed by atoms with van der Waals surface area (Å²) >= 11 is 0. The van der Waals surface area contributed by atoms with Gasteiger partial charge in [-0.05, 0) is 32.3 Å². The first-order chi connectivity index (χ1) is 8.83. The molecule has 2 radical (unpaired) electrons. The molecule has 0 spiro atoms. The number of nitrogens with zero attached hydrogens (tertiary/aromatic N) is 2. The van der Waals surface area contributed by atoms with E-state index in [-0.39, 0.29) is 0 Å². The van der Waals surface area contributed by atoms with Crippen LogP contribution in [0.15, 0.2) is 0 Å². The Kier molecular flexibility index (Phi) is 8.90. The minimum atomic E-state index is 0.573. The maximum atomic E-state index is 3.31. The Morgan fingerprint density at radius 2 is 1.33 bits per heavy atom. The van der Waals surface area contributed by atoms with Gasteiger partial charge in [0.1, 0.15) is 0 Å². The van der Waals surface area contributed by atoms with Crippen LogP contribution in [0.5, 0.6) is 0 Å². The average molecular weight is 247 g/mol. The van der Waals surface area contributed by atoms with E-state index in [4.69, 9.17) is 0 Å². The van der Waals surface area contributed by atoms with Gasteiger partial charge in [-0.2, -0.15) is 0 Å². The Hall–Kier alpha value is 0.0748. The van der Waals surface area contributed by atoms with E-state index in [9.17, 15) is 0 Å². The van der Waals surface area contributed by atoms with Gasteiger partial charge in [-0.1, -0.05) is 46.5 Å². The highest BCUT2D eigenvalue weighted by atomic mass is 15.2. The zero-order valence-electron chi connectivity index (χ0n) is 12.5. The van der Waals surface area contributed by atoms with Gasteiger partial charge in [-0.3, -0.25) is 0 Å². The number of hydrogen-bond donors (Lipinski definition) is 1. The molecular weight excluding hydrogens is 219 g/mol. The Morgan fingerprint density at radius 3 is 1.78 bits per heavy atom. The minimum Gasteiger partial charge on any atom is -0.379 e. The number of unbranched alkanes of at least 4 members (excludes halogenated alkanes) is 3. The van der Waals surface area contributed by atoms with E-state index in [1.54, 1.807) is 0 Å². The van der Waals surface area contributed by atoms with Crippen molar-refractivity contribution in [2.75, 3.05) is 13.1 Å². The van der Waals surface area contributed by atoms with Crippen molar-refractivity contribution in [1.82, 2.24) is 14.6 Å². The van der Waals surface area contributed by atoms with Crippen molar-refractivity contribution in [3.63, 3.8) is 0 Å². The monoisotopic (exact) mass is 247 g/mol. The first-order valence-electron chi connectivity index (χ1n) is 7.77. The van der Waals surface area contributed by atoms with Crippen LogP contribution in [0.4, 0.5) is 0 Å². The van der Waals surface area contributed by atoms with Crippen molar-refractivity contribution in [1.29, 1.82) is 0 Å². The third kappa shape index (κ3) is 5.37. The second kappa shape index (κ2) is 9.93. The van der Waals surface area contributed by atoms with Gasteiger partial charge >= 0.3 is 0 Å². The fraction of sp³-hybridized carbons (Fsp3) is 1.00. The Morgan fingerprint density at radius 1 is 0.833 bits per heavy atom. The summed E-state index contributed by atoms with van der Waals surface area (Å²) in [7, 11) is 4.33. The lowest BCUT2D eigenvalue weighted by molar-refractivity contribution is 0.496. The second-order valence-corrected chi connectivity index (χ2v) is 5.23. The van der Waals surface area contributed by atoms with E-state index in [0.29, 0.717) is 6.98 Å². The van der Waals surface area contributed by atoms with Gasteiger partial charge < -0.3 is 14.6 Å². The van der Waals surface area contributed by atoms with Crippen LogP contribution in [0.2, 0.25) is 6.32 Å². The molecule has 3 nitrogen and oxygen atoms in total. The SMILES string of the molecule is CCCCB1N(CCCC)[B]N[B]N1CCCC. The van der Waals surface area contributed by atoms with E-state index in [1.165, 1.54) is 57.9 Å². The van der Waals surface area contributed by atoms with Crippen LogP contribution < -0.4 is 5.14 Å². The summed E-state index contributed by atoms with van der Waals surface area (Å²) in [5.74, 6) is 0. The Labute approximate surface area is 116 Å². The van der Waals surface area contributed by atoms with Gasteiger partial charge in [0.25, 0.3) is 22.1 Å². The van der Waals surface area contributed by atoms with Crippen LogP contribution in [-0.4, -0.2) is 44.6 Å². The lowest BCUT2D eigenvalue weighted by Crippen LogP contribution is -2.66. The van der Waals surface area contributed by atoms with Crippen molar-refractivity contribution in [2.45, 2.75) is 65.6 Å². The van der Waals surface area contributed by atoms with Gasteiger partial charge in [0.15, 0.2) is 0 Å². The third-order valence-electron chi connectivity index (χ3n) is 3.60. The standard InChI is InChI=1S/C12H28B3N3/c1-4-7-10-15-17(11-8-5-2)13-16-14-18(15)12-9-6-3/h16H,4-12H2,1-3H3. The molecule has 1 aliphatic heterocycles. The Bertz CT molecular complexity index is 191. The van der Waals surface area contributed by atoms with Crippen molar-refractivity contribution in [3.8, 4) is 0 Å². The van der Waals surface area contributed by atoms with Crippen LogP contribution >= 0.6 is 0 Å². The molecule has 1 rings (SSSR count). The van der Waals surface area contributed by atoms with Gasteiger partial charge in [0.05, 0.1) is 0 Å². The van der Waals surface area contributed by atoms with Crippen molar-refractivity contribution in [2.24, 2.45) is 0 Å². The molecule has 6 heteroatoms. The zero-order chi connectivity index (χ0) is 13.2. The van der Waals surface area contributed by atoms with Gasteiger partial charge in [0.2, 0.25) is 0 Å². The van der Waals surface area contributed by atoms with E-state index in [2.05, 4.69) is 50.5 Å². The summed E-state index contributed by atoms with van der Waals surface area (Å²) in [5.41, 5.74) is 0. The van der Waals surface area contributed by atoms with Crippen LogP contribution in [0.3, 0.4) is 0 Å². The molecule has 1 saturated heterocycles. The van der Waals surface area contributed by atoms with Gasteiger partial charge in [-0.15, -0.1) is 0 Å². The predicted octanol–water partition coefficient (Wildman–Crippen LogP) is 2.15. The molecule has 0 amide bonds. The smallest absolute Gasteiger partial charge is 0.289 e. The largest absolute Gasteiger partial charge is 0.379 e. The van der Waals surface area contributed by atoms with Gasteiger partial charge in [-0.25, -0.2) is 0 Å². The Balaban J connectivity index is 2.51. The quantitative estimate of drug-likeness (QED) is 0.629. The summed E-state index contributed by atoms with van der Waals surface area (Å²) in [6.07, 6.45) is 8.97. The maximum Gasteiger partial charge on any atom is 0.289 e. The second-order valence-electron chi connectivity index (χ2n) is 5.23. The first-order valence-corrected chi connectivity index (χ1v) is 7.77. The van der Waals surface area contributed by atoms with E-state index in [0.717, 1.165) is 0 Å². The lowest BCUT2D eigenvalue weighted by atomic mass is 9.56. The number of nitrogens with one attached hydrogen (secondary N) is 1. The third-order valence-corrected chi connectivity index (χ3v) is 3.60. The number of hydrogen-bond acceptors (Lipinski definition) is 3.